The first-order chi connectivity index (χ1) is 49.7. The number of hydrogen-bond acceptors (Lipinski definition) is 14. The fourth-order valence-corrected chi connectivity index (χ4v) is 11.5. The van der Waals surface area contributed by atoms with Crippen molar-refractivity contribution >= 4 is 88.8 Å². The second-order valence-electron chi connectivity index (χ2n) is 27.3. The van der Waals surface area contributed by atoms with Gasteiger partial charge in [-0.25, -0.2) is 0 Å². The number of carboxylic acids is 1. The third kappa shape index (κ3) is 34.2. The van der Waals surface area contributed by atoms with Gasteiger partial charge < -0.3 is 84.5 Å². The Balaban J connectivity index is 1.95. The highest BCUT2D eigenvalue weighted by Crippen LogP contribution is 2.22. The first-order valence-corrected chi connectivity index (χ1v) is 36.0. The van der Waals surface area contributed by atoms with Crippen molar-refractivity contribution in [1.82, 2.24) is 58.1 Å². The number of carboxylic acid groups (broad SMARTS) is 1. The summed E-state index contributed by atoms with van der Waals surface area (Å²) in [5.74, 6) is -11.0. The summed E-state index contributed by atoms with van der Waals surface area (Å²) >= 11 is 0. The van der Waals surface area contributed by atoms with Crippen LogP contribution in [0.25, 0.3) is 0 Å². The van der Waals surface area contributed by atoms with Crippen LogP contribution in [0.15, 0.2) is 54.6 Å². The molecular weight excluding hydrogens is 1360 g/mol. The number of benzene rings is 2. The molecule has 0 aliphatic carbocycles. The Kier molecular flexibility index (Phi) is 39.8. The standard InChI is InChI=1S/C69H114N22O14/c1-7-41(6)56(64(102)87-49(22-15-31-80-69(76)77)65(103)91-32-16-23-53(91)63(101)86-46(19-11-12-28-70)59(97)89-52(66(104)105)34-40(4)5)90-60(98)48(21-14-30-79-68(74)75)84-58(96)47(20-13-29-78-67(72)73)85-61(99)50(33-39(2)3)88-62(100)51(36-42-17-9-8-10-18-42)83-55(94)38-81-54(93)37-82-57(95)45(71)35-43-24-26-44(92)27-25-43/h8-10,17-18,24-27,39-41,45-53,56,92H,7,11-16,19-23,28-38,70-71H2,1-6H3,(H,81,93)(H,82,95)(H,83,94)(H,84,96)(H,85,99)(H,86,101)(H,87,102)(H,88,100)(H,89,97)(H,90,98)(H,104,105)(H4,72,73,78)(H4,74,75,79)(H4,76,77,80)/p+4/t41-,45-,46-,47-,48-,49-,50-,51-,52-,53-,56-/m0/s1. The molecule has 1 aliphatic rings. The Bertz CT molecular complexity index is 3260. The average molecular weight is 1480 g/mol. The number of phenols is 1. The number of phenolic OH excluding ortho intramolecular Hbond substituents is 1. The molecule has 36 nitrogen and oxygen atoms in total. The maximum absolute atomic E-state index is 14.9. The van der Waals surface area contributed by atoms with Crippen LogP contribution in [-0.2, 0) is 70.4 Å². The van der Waals surface area contributed by atoms with Crippen molar-refractivity contribution in [2.45, 2.75) is 205 Å². The maximum Gasteiger partial charge on any atom is 0.338 e. The van der Waals surface area contributed by atoms with Crippen LogP contribution in [0, 0.1) is 17.8 Å². The van der Waals surface area contributed by atoms with E-state index in [4.69, 9.17) is 34.4 Å². The number of aromatic hydroxyl groups is 1. The van der Waals surface area contributed by atoms with Gasteiger partial charge in [0.05, 0.1) is 51.3 Å². The summed E-state index contributed by atoms with van der Waals surface area (Å²) in [5.41, 5.74) is 43.2. The molecule has 0 bridgehead atoms. The maximum atomic E-state index is 14.9. The molecule has 105 heavy (non-hydrogen) atoms. The lowest BCUT2D eigenvalue weighted by Gasteiger charge is -2.32. The number of hydrogen-bond donors (Lipinski definition) is 22. The highest BCUT2D eigenvalue weighted by Gasteiger charge is 2.41. The largest absolute Gasteiger partial charge is 0.548 e. The van der Waals surface area contributed by atoms with E-state index in [1.807, 2.05) is 0 Å². The van der Waals surface area contributed by atoms with Crippen LogP contribution >= 0.6 is 0 Å². The third-order valence-corrected chi connectivity index (χ3v) is 17.4. The zero-order valence-corrected chi connectivity index (χ0v) is 61.5. The van der Waals surface area contributed by atoms with Gasteiger partial charge in [0.25, 0.3) is 5.91 Å². The van der Waals surface area contributed by atoms with E-state index in [0.29, 0.717) is 37.8 Å². The smallest absolute Gasteiger partial charge is 0.338 e. The van der Waals surface area contributed by atoms with Crippen LogP contribution in [0.3, 0.4) is 0 Å². The Morgan fingerprint density at radius 3 is 1.50 bits per heavy atom. The topological polar surface area (TPSA) is 625 Å². The molecule has 0 unspecified atom stereocenters. The molecule has 2 aromatic rings. The highest BCUT2D eigenvalue weighted by atomic mass is 16.4. The van der Waals surface area contributed by atoms with Gasteiger partial charge in [-0.05, 0) is 124 Å². The molecule has 1 heterocycles. The van der Waals surface area contributed by atoms with Gasteiger partial charge in [0.1, 0.15) is 54.1 Å². The van der Waals surface area contributed by atoms with Crippen molar-refractivity contribution in [2.24, 2.45) is 52.2 Å². The first kappa shape index (κ1) is 88.8. The second-order valence-corrected chi connectivity index (χ2v) is 27.3. The summed E-state index contributed by atoms with van der Waals surface area (Å²) in [6.07, 6.45) is 2.59. The van der Waals surface area contributed by atoms with Crippen molar-refractivity contribution in [3.63, 3.8) is 0 Å². The van der Waals surface area contributed by atoms with E-state index in [0.717, 1.165) is 5.56 Å². The fraction of sp³-hybridized carbons (Fsp3) is 0.609. The normalized spacial score (nSPS) is 15.4. The fourth-order valence-electron chi connectivity index (χ4n) is 11.5. The van der Waals surface area contributed by atoms with E-state index in [1.54, 1.807) is 84.0 Å². The Labute approximate surface area is 612 Å². The molecule has 1 fully saturated rings. The van der Waals surface area contributed by atoms with Gasteiger partial charge in [0.15, 0.2) is 6.04 Å². The number of nitrogens with two attached hydrogens (primary N) is 6. The number of rotatable bonds is 48. The van der Waals surface area contributed by atoms with E-state index >= 15 is 0 Å². The predicted molar refractivity (Wildman–Crippen MR) is 385 cm³/mol. The van der Waals surface area contributed by atoms with Crippen LogP contribution in [0.4, 0.5) is 0 Å². The molecule has 584 valence electrons. The molecule has 2 aromatic carbocycles. The minimum atomic E-state index is -1.48. The van der Waals surface area contributed by atoms with Crippen LogP contribution < -0.4 is 119 Å². The summed E-state index contributed by atoms with van der Waals surface area (Å²) in [7, 11) is 0. The molecule has 36 heteroatoms. The summed E-state index contributed by atoms with van der Waals surface area (Å²) in [6.45, 7) is 10.5. The molecule has 11 atom stereocenters. The minimum Gasteiger partial charge on any atom is -0.548 e. The van der Waals surface area contributed by atoms with Gasteiger partial charge in [-0.3, -0.25) is 102 Å². The minimum absolute atomic E-state index is 0.0206. The SMILES string of the molecule is CC[C@H](C)[C@H](NC(=O)[C@H](CCC[NH+]=C(N)N)NC(=O)[C@H](CCC[NH+]=C(N)N)NC(=O)[C@H](CC(C)C)NC(=O)[C@H](Cc1ccccc1)NC(=O)CNC(=O)CNC(=O)[C@@H]([NH3+])Cc1ccc(O)cc1)C(=O)N[C@@H](CCC[NH+]=C(N)N)C(=O)N1CCC[C@H]1C(=O)N[C@@H](CCCC[NH3+])C(=O)N[C@@H](CC(C)C)C(=O)[O-]. The monoisotopic (exact) mass is 1480 g/mol. The molecule has 3 rings (SSSR count). The number of carbonyl (C=O) groups is 12. The summed E-state index contributed by atoms with van der Waals surface area (Å²) in [4.78, 5) is 177. The van der Waals surface area contributed by atoms with Crippen LogP contribution in [0.1, 0.15) is 143 Å². The average Bonchev–Trinajstić information content (AvgIpc) is 1.74. The quantitative estimate of drug-likeness (QED) is 0.0166. The molecule has 0 radical (unpaired) electrons. The van der Waals surface area contributed by atoms with Crippen molar-refractivity contribution in [2.75, 3.05) is 45.8 Å². The lowest BCUT2D eigenvalue weighted by Crippen LogP contribution is -2.78. The Hall–Kier alpha value is -10.4. The Morgan fingerprint density at radius 2 is 0.981 bits per heavy atom. The van der Waals surface area contributed by atoms with Crippen molar-refractivity contribution in [3.8, 4) is 5.75 Å². The summed E-state index contributed by atoms with van der Waals surface area (Å²) in [5, 5.41) is 48.3. The number of unbranched alkanes of at least 4 members (excludes halogenated alkanes) is 1. The van der Waals surface area contributed by atoms with E-state index < -0.39 is 150 Å². The van der Waals surface area contributed by atoms with Gasteiger partial charge in [-0.2, -0.15) is 0 Å². The lowest BCUT2D eigenvalue weighted by molar-refractivity contribution is -0.460. The molecule has 0 spiro atoms. The van der Waals surface area contributed by atoms with Gasteiger partial charge >= 0.3 is 17.9 Å². The zero-order valence-electron chi connectivity index (χ0n) is 61.5. The number of nitrogens with one attached hydrogen (secondary N) is 13. The first-order valence-electron chi connectivity index (χ1n) is 36.0. The predicted octanol–water partition coefficient (Wildman–Crippen LogP) is -12.4. The molecule has 1 saturated heterocycles. The number of likely N-dealkylation sites (tertiary alicyclic amines) is 1. The van der Waals surface area contributed by atoms with E-state index in [2.05, 4.69) is 79.6 Å². The molecule has 1 aliphatic heterocycles. The Morgan fingerprint density at radius 1 is 0.524 bits per heavy atom. The number of nitrogens with zero attached hydrogens (tertiary/aromatic N) is 1. The van der Waals surface area contributed by atoms with Crippen molar-refractivity contribution in [1.29, 1.82) is 0 Å². The summed E-state index contributed by atoms with van der Waals surface area (Å²) in [6, 6.07) is 2.25. The number of guanidine groups is 3. The second kappa shape index (κ2) is 47.1. The molecule has 0 aromatic heterocycles. The van der Waals surface area contributed by atoms with Gasteiger partial charge in [0.2, 0.25) is 59.1 Å². The number of carbonyl (C=O) groups excluding carboxylic acids is 12. The number of aliphatic carboxylic acids is 1. The van der Waals surface area contributed by atoms with E-state index in [-0.39, 0.29) is 139 Å². The van der Waals surface area contributed by atoms with Crippen LogP contribution in [0.2, 0.25) is 0 Å². The lowest BCUT2D eigenvalue weighted by atomic mass is 9.96. The molecule has 32 N–H and O–H groups in total. The number of amides is 11. The summed E-state index contributed by atoms with van der Waals surface area (Å²) < 4.78 is 0. The third-order valence-electron chi connectivity index (χ3n) is 17.4. The van der Waals surface area contributed by atoms with Crippen molar-refractivity contribution in [3.05, 3.63) is 65.7 Å². The highest BCUT2D eigenvalue weighted by molar-refractivity contribution is 5.99. The van der Waals surface area contributed by atoms with Crippen molar-refractivity contribution < 1.29 is 94.2 Å². The molecular formula is C69H118N22O14+4. The van der Waals surface area contributed by atoms with Crippen LogP contribution in [0.5, 0.6) is 5.75 Å². The molecule has 11 amide bonds. The van der Waals surface area contributed by atoms with Crippen LogP contribution in [-0.4, -0.2) is 205 Å². The molecule has 0 saturated carbocycles. The van der Waals surface area contributed by atoms with Gasteiger partial charge in [0, 0.05) is 19.4 Å². The van der Waals surface area contributed by atoms with E-state index in [9.17, 15) is 67.7 Å². The van der Waals surface area contributed by atoms with Gasteiger partial charge in [-0.1, -0.05) is 90.4 Å². The van der Waals surface area contributed by atoms with E-state index in [1.165, 1.54) is 17.0 Å². The van der Waals surface area contributed by atoms with Gasteiger partial charge in [-0.15, -0.1) is 0 Å². The zero-order chi connectivity index (χ0) is 78.3. The number of quaternary nitrogens is 2.